The molecule has 0 spiro atoms. The summed E-state index contributed by atoms with van der Waals surface area (Å²) < 4.78 is 26.6. The van der Waals surface area contributed by atoms with E-state index in [2.05, 4.69) is 15.6 Å². The maximum Gasteiger partial charge on any atom is 0.325 e. The number of sulfonamides is 1. The average Bonchev–Trinajstić information content (AvgIpc) is 3.17. The van der Waals surface area contributed by atoms with Gasteiger partial charge in [0.1, 0.15) is 12.2 Å². The lowest BCUT2D eigenvalue weighted by Crippen LogP contribution is -2.26. The van der Waals surface area contributed by atoms with Gasteiger partial charge in [-0.1, -0.05) is 5.21 Å². The number of carbonyl (C=O) groups excluding carboxylic acids is 1. The van der Waals surface area contributed by atoms with E-state index < -0.39 is 16.0 Å². The highest BCUT2D eigenvalue weighted by Crippen LogP contribution is 2.26. The monoisotopic (exact) mass is 393 g/mol. The highest BCUT2D eigenvalue weighted by molar-refractivity contribution is 7.93. The summed E-state index contributed by atoms with van der Waals surface area (Å²) in [6, 6.07) is 4.89. The molecule has 1 aliphatic heterocycles. The Morgan fingerprint density at radius 3 is 2.74 bits per heavy atom. The molecule has 0 saturated carbocycles. The van der Waals surface area contributed by atoms with Gasteiger partial charge < -0.3 is 10.4 Å². The van der Waals surface area contributed by atoms with E-state index in [1.165, 1.54) is 15.2 Å². The van der Waals surface area contributed by atoms with Crippen molar-refractivity contribution in [3.63, 3.8) is 0 Å². The molecule has 2 N–H and O–H groups in total. The maximum atomic E-state index is 12.4. The van der Waals surface area contributed by atoms with E-state index in [0.29, 0.717) is 35.5 Å². The van der Waals surface area contributed by atoms with Crippen LogP contribution >= 0.6 is 0 Å². The zero-order valence-corrected chi connectivity index (χ0v) is 15.4. The summed E-state index contributed by atoms with van der Waals surface area (Å²) in [5, 5.41) is 18.9. The van der Waals surface area contributed by atoms with Crippen molar-refractivity contribution < 1.29 is 23.1 Å². The van der Waals surface area contributed by atoms with Crippen molar-refractivity contribution in [2.24, 2.45) is 0 Å². The van der Waals surface area contributed by atoms with Crippen LogP contribution in [0.15, 0.2) is 24.4 Å². The maximum absolute atomic E-state index is 12.4. The Hall–Kier alpha value is -2.95. The van der Waals surface area contributed by atoms with E-state index in [1.807, 2.05) is 0 Å². The molecule has 1 fully saturated rings. The molecule has 2 heterocycles. The van der Waals surface area contributed by atoms with Gasteiger partial charge in [-0.3, -0.25) is 13.9 Å². The third kappa shape index (κ3) is 4.25. The number of hydrogen-bond donors (Lipinski definition) is 2. The fourth-order valence-corrected chi connectivity index (χ4v) is 4.45. The Bertz CT molecular complexity index is 985. The number of aliphatic carboxylic acids is 1. The average molecular weight is 393 g/mol. The first-order valence-corrected chi connectivity index (χ1v) is 9.87. The normalized spacial score (nSPS) is 15.7. The van der Waals surface area contributed by atoms with Gasteiger partial charge in [-0.2, -0.15) is 0 Å². The molecule has 0 bridgehead atoms. The van der Waals surface area contributed by atoms with E-state index in [1.54, 1.807) is 25.1 Å². The molecule has 11 heteroatoms. The summed E-state index contributed by atoms with van der Waals surface area (Å²) in [6.45, 7) is 1.98. The van der Waals surface area contributed by atoms with Crippen LogP contribution in [0, 0.1) is 6.92 Å². The van der Waals surface area contributed by atoms with E-state index in [9.17, 15) is 18.0 Å². The Morgan fingerprint density at radius 2 is 2.11 bits per heavy atom. The molecule has 144 valence electrons. The molecular formula is C16H19N5O5S. The van der Waals surface area contributed by atoms with Crippen LogP contribution in [0.25, 0.3) is 0 Å². The zero-order valence-electron chi connectivity index (χ0n) is 14.6. The minimum Gasteiger partial charge on any atom is -0.480 e. The molecular weight excluding hydrogens is 374 g/mol. The predicted octanol–water partition coefficient (Wildman–Crippen LogP) is 0.141. The van der Waals surface area contributed by atoms with Crippen molar-refractivity contribution in [1.29, 1.82) is 0 Å². The molecule has 1 aromatic carbocycles. The SMILES string of the molecule is Cc1cc(N2CCCS2(=O)=O)ccc1C(=O)NCc1cn(CC(=O)O)nn1. The number of rotatable bonds is 6. The number of benzene rings is 1. The molecule has 0 aliphatic carbocycles. The number of anilines is 1. The van der Waals surface area contributed by atoms with Crippen LogP contribution in [0.2, 0.25) is 0 Å². The largest absolute Gasteiger partial charge is 0.480 e. The Morgan fingerprint density at radius 1 is 1.33 bits per heavy atom. The molecule has 1 amide bonds. The Kier molecular flexibility index (Phi) is 5.13. The van der Waals surface area contributed by atoms with E-state index in [4.69, 9.17) is 5.11 Å². The number of carboxylic acids is 1. The van der Waals surface area contributed by atoms with Gasteiger partial charge in [0.15, 0.2) is 0 Å². The third-order valence-corrected chi connectivity index (χ3v) is 6.02. The zero-order chi connectivity index (χ0) is 19.6. The molecule has 2 aromatic rings. The smallest absolute Gasteiger partial charge is 0.325 e. The fraction of sp³-hybridized carbons (Fsp3) is 0.375. The summed E-state index contributed by atoms with van der Waals surface area (Å²) in [5.41, 5.74) is 2.06. The second-order valence-corrected chi connectivity index (χ2v) is 8.24. The van der Waals surface area contributed by atoms with Crippen LogP contribution in [0.3, 0.4) is 0 Å². The summed E-state index contributed by atoms with van der Waals surface area (Å²) in [4.78, 5) is 23.0. The van der Waals surface area contributed by atoms with Gasteiger partial charge in [0.2, 0.25) is 10.0 Å². The Balaban J connectivity index is 1.66. The number of aryl methyl sites for hydroxylation is 1. The summed E-state index contributed by atoms with van der Waals surface area (Å²) in [5.74, 6) is -1.24. The number of nitrogens with zero attached hydrogens (tertiary/aromatic N) is 4. The number of carbonyl (C=O) groups is 2. The van der Waals surface area contributed by atoms with Gasteiger partial charge >= 0.3 is 5.97 Å². The molecule has 27 heavy (non-hydrogen) atoms. The van der Waals surface area contributed by atoms with Gasteiger partial charge in [0.25, 0.3) is 5.91 Å². The van der Waals surface area contributed by atoms with Crippen LogP contribution in [0.4, 0.5) is 5.69 Å². The molecule has 3 rings (SSSR count). The molecule has 0 unspecified atom stereocenters. The van der Waals surface area contributed by atoms with E-state index in [-0.39, 0.29) is 24.7 Å². The lowest BCUT2D eigenvalue weighted by Gasteiger charge is -2.18. The minimum atomic E-state index is -3.27. The molecule has 1 aliphatic rings. The number of amides is 1. The number of hydrogen-bond acceptors (Lipinski definition) is 6. The second-order valence-electron chi connectivity index (χ2n) is 6.22. The molecule has 10 nitrogen and oxygen atoms in total. The van der Waals surface area contributed by atoms with E-state index in [0.717, 1.165) is 0 Å². The van der Waals surface area contributed by atoms with Crippen molar-refractivity contribution in [1.82, 2.24) is 20.3 Å². The van der Waals surface area contributed by atoms with Crippen molar-refractivity contribution in [3.05, 3.63) is 41.2 Å². The summed E-state index contributed by atoms with van der Waals surface area (Å²) >= 11 is 0. The van der Waals surface area contributed by atoms with Gasteiger partial charge in [0, 0.05) is 12.1 Å². The number of aromatic nitrogens is 3. The van der Waals surface area contributed by atoms with Crippen molar-refractivity contribution in [2.75, 3.05) is 16.6 Å². The predicted molar refractivity (Wildman–Crippen MR) is 95.8 cm³/mol. The fourth-order valence-electron chi connectivity index (χ4n) is 2.89. The van der Waals surface area contributed by atoms with Crippen LogP contribution < -0.4 is 9.62 Å². The van der Waals surface area contributed by atoms with Crippen molar-refractivity contribution in [3.8, 4) is 0 Å². The highest BCUT2D eigenvalue weighted by atomic mass is 32.2. The topological polar surface area (TPSA) is 134 Å². The number of nitrogens with one attached hydrogen (secondary N) is 1. The minimum absolute atomic E-state index is 0.0974. The Labute approximate surface area is 155 Å². The summed E-state index contributed by atoms with van der Waals surface area (Å²) in [6.07, 6.45) is 2.04. The van der Waals surface area contributed by atoms with Crippen LogP contribution in [0.5, 0.6) is 0 Å². The lowest BCUT2D eigenvalue weighted by atomic mass is 10.1. The number of carboxylic acid groups (broad SMARTS) is 1. The lowest BCUT2D eigenvalue weighted by molar-refractivity contribution is -0.137. The molecule has 1 aromatic heterocycles. The molecule has 0 radical (unpaired) electrons. The van der Waals surface area contributed by atoms with Crippen molar-refractivity contribution >= 4 is 27.6 Å². The van der Waals surface area contributed by atoms with Crippen LogP contribution in [-0.2, 0) is 27.9 Å². The molecule has 0 atom stereocenters. The van der Waals surface area contributed by atoms with Gasteiger partial charge in [-0.25, -0.2) is 13.1 Å². The molecule has 1 saturated heterocycles. The van der Waals surface area contributed by atoms with Crippen LogP contribution in [-0.4, -0.2) is 52.7 Å². The second kappa shape index (κ2) is 7.35. The van der Waals surface area contributed by atoms with Crippen molar-refractivity contribution in [2.45, 2.75) is 26.4 Å². The van der Waals surface area contributed by atoms with Crippen LogP contribution in [0.1, 0.15) is 28.0 Å². The quantitative estimate of drug-likeness (QED) is 0.713. The first-order chi connectivity index (χ1) is 12.8. The third-order valence-electron chi connectivity index (χ3n) is 4.16. The first-order valence-electron chi connectivity index (χ1n) is 8.26. The van der Waals surface area contributed by atoms with Gasteiger partial charge in [-0.05, 0) is 37.1 Å². The standard InChI is InChI=1S/C16H19N5O5S/c1-11-7-13(21-5-2-6-27(21,25)26)3-4-14(11)16(24)17-8-12-9-20(19-18-12)10-15(22)23/h3-4,7,9H,2,5-6,8,10H2,1H3,(H,17,24)(H,22,23). The van der Waals surface area contributed by atoms with Gasteiger partial charge in [0.05, 0.1) is 24.2 Å². The highest BCUT2D eigenvalue weighted by Gasteiger charge is 2.28. The first kappa shape index (κ1) is 18.8. The van der Waals surface area contributed by atoms with Gasteiger partial charge in [-0.15, -0.1) is 5.10 Å². The summed E-state index contributed by atoms with van der Waals surface area (Å²) in [7, 11) is -3.27. The van der Waals surface area contributed by atoms with E-state index >= 15 is 0 Å².